The summed E-state index contributed by atoms with van der Waals surface area (Å²) in [6, 6.07) is 8.23. The highest BCUT2D eigenvalue weighted by Gasteiger charge is 2.14. The molecule has 3 heteroatoms. The first kappa shape index (κ1) is 14.8. The minimum absolute atomic E-state index is 0.211. The maximum absolute atomic E-state index is 6.08. The van der Waals surface area contributed by atoms with Crippen molar-refractivity contribution in [3.63, 3.8) is 0 Å². The van der Waals surface area contributed by atoms with Crippen LogP contribution in [0.25, 0.3) is 0 Å². The summed E-state index contributed by atoms with van der Waals surface area (Å²) >= 11 is 0. The van der Waals surface area contributed by atoms with Crippen LogP contribution in [0.5, 0.6) is 5.75 Å². The van der Waals surface area contributed by atoms with E-state index in [4.69, 9.17) is 4.74 Å². The summed E-state index contributed by atoms with van der Waals surface area (Å²) in [6.07, 6.45) is 0.211. The molecule has 1 aromatic carbocycles. The maximum atomic E-state index is 6.08. The van der Waals surface area contributed by atoms with Crippen molar-refractivity contribution in [1.29, 1.82) is 0 Å². The topological polar surface area (TPSA) is 24.5 Å². The van der Waals surface area contributed by atoms with Gasteiger partial charge in [0.25, 0.3) is 0 Å². The molecule has 0 aliphatic rings. The van der Waals surface area contributed by atoms with Crippen LogP contribution in [0.2, 0.25) is 0 Å². The van der Waals surface area contributed by atoms with Gasteiger partial charge in [0, 0.05) is 32.4 Å². The second-order valence-electron chi connectivity index (χ2n) is 5.10. The highest BCUT2D eigenvalue weighted by Crippen LogP contribution is 2.21. The Hall–Kier alpha value is -1.22. The molecule has 0 amide bonds. The molecule has 0 heterocycles. The van der Waals surface area contributed by atoms with Crippen LogP contribution >= 0.6 is 0 Å². The zero-order valence-electron chi connectivity index (χ0n) is 12.2. The Labute approximate surface area is 111 Å². The lowest BCUT2D eigenvalue weighted by Crippen LogP contribution is -2.35. The first-order chi connectivity index (χ1) is 8.54. The minimum atomic E-state index is 0.211. The van der Waals surface area contributed by atoms with E-state index in [2.05, 4.69) is 43.1 Å². The molecule has 1 rings (SSSR count). The van der Waals surface area contributed by atoms with Gasteiger partial charge in [0.2, 0.25) is 0 Å². The standard InChI is InChI=1S/C15H26N2O/c1-6-16-11-15(12(2)3)18-14-9-7-8-13(10-14)17(4)5/h7-10,12,15-16H,6,11H2,1-5H3. The Morgan fingerprint density at radius 1 is 1.28 bits per heavy atom. The van der Waals surface area contributed by atoms with Crippen LogP contribution in [0.4, 0.5) is 5.69 Å². The number of hydrogen-bond donors (Lipinski definition) is 1. The molecule has 1 N–H and O–H groups in total. The van der Waals surface area contributed by atoms with Crippen molar-refractivity contribution in [2.45, 2.75) is 26.9 Å². The third-order valence-corrected chi connectivity index (χ3v) is 2.96. The molecular weight excluding hydrogens is 224 g/mol. The molecule has 1 unspecified atom stereocenters. The number of nitrogens with one attached hydrogen (secondary N) is 1. The number of anilines is 1. The minimum Gasteiger partial charge on any atom is -0.489 e. The van der Waals surface area contributed by atoms with E-state index in [1.54, 1.807) is 0 Å². The van der Waals surface area contributed by atoms with Crippen molar-refractivity contribution in [1.82, 2.24) is 5.32 Å². The summed E-state index contributed by atoms with van der Waals surface area (Å²) in [4.78, 5) is 2.08. The lowest BCUT2D eigenvalue weighted by molar-refractivity contribution is 0.149. The van der Waals surface area contributed by atoms with Crippen molar-refractivity contribution in [3.8, 4) is 5.75 Å². The molecule has 0 saturated carbocycles. The van der Waals surface area contributed by atoms with Crippen LogP contribution in [0.3, 0.4) is 0 Å². The smallest absolute Gasteiger partial charge is 0.121 e. The second kappa shape index (κ2) is 7.27. The summed E-state index contributed by atoms with van der Waals surface area (Å²) in [7, 11) is 4.08. The molecule has 0 aromatic heterocycles. The molecule has 0 radical (unpaired) electrons. The number of hydrogen-bond acceptors (Lipinski definition) is 3. The SMILES string of the molecule is CCNCC(Oc1cccc(N(C)C)c1)C(C)C. The van der Waals surface area contributed by atoms with E-state index < -0.39 is 0 Å². The van der Waals surface area contributed by atoms with Gasteiger partial charge < -0.3 is 15.0 Å². The van der Waals surface area contributed by atoms with Gasteiger partial charge in [-0.25, -0.2) is 0 Å². The van der Waals surface area contributed by atoms with Crippen LogP contribution in [-0.4, -0.2) is 33.3 Å². The number of nitrogens with zero attached hydrogens (tertiary/aromatic N) is 1. The third kappa shape index (κ3) is 4.57. The second-order valence-corrected chi connectivity index (χ2v) is 5.10. The predicted molar refractivity (Wildman–Crippen MR) is 78.6 cm³/mol. The zero-order valence-corrected chi connectivity index (χ0v) is 12.2. The molecule has 1 atom stereocenters. The average Bonchev–Trinajstić information content (AvgIpc) is 2.34. The van der Waals surface area contributed by atoms with Gasteiger partial charge in [-0.1, -0.05) is 26.8 Å². The lowest BCUT2D eigenvalue weighted by atomic mass is 10.1. The van der Waals surface area contributed by atoms with Gasteiger partial charge in [-0.05, 0) is 24.6 Å². The van der Waals surface area contributed by atoms with Gasteiger partial charge in [0.05, 0.1) is 0 Å². The first-order valence-electron chi connectivity index (χ1n) is 6.69. The highest BCUT2D eigenvalue weighted by molar-refractivity contribution is 5.49. The summed E-state index contributed by atoms with van der Waals surface area (Å²) in [5.74, 6) is 1.44. The van der Waals surface area contributed by atoms with Gasteiger partial charge >= 0.3 is 0 Å². The number of rotatable bonds is 7. The third-order valence-electron chi connectivity index (χ3n) is 2.96. The molecule has 0 bridgehead atoms. The van der Waals surface area contributed by atoms with Crippen molar-refractivity contribution in [3.05, 3.63) is 24.3 Å². The van der Waals surface area contributed by atoms with E-state index in [0.717, 1.165) is 18.8 Å². The Morgan fingerprint density at radius 3 is 2.56 bits per heavy atom. The maximum Gasteiger partial charge on any atom is 0.121 e. The van der Waals surface area contributed by atoms with Crippen molar-refractivity contribution in [2.75, 3.05) is 32.1 Å². The molecule has 0 spiro atoms. The van der Waals surface area contributed by atoms with Crippen LogP contribution < -0.4 is 15.0 Å². The van der Waals surface area contributed by atoms with Crippen LogP contribution in [0.1, 0.15) is 20.8 Å². The van der Waals surface area contributed by atoms with Gasteiger partial charge in [-0.3, -0.25) is 0 Å². The fraction of sp³-hybridized carbons (Fsp3) is 0.600. The van der Waals surface area contributed by atoms with Crippen LogP contribution in [0, 0.1) is 5.92 Å². The largest absolute Gasteiger partial charge is 0.489 e. The molecule has 3 nitrogen and oxygen atoms in total. The fourth-order valence-corrected chi connectivity index (χ4v) is 1.71. The Morgan fingerprint density at radius 2 is 2.00 bits per heavy atom. The summed E-state index contributed by atoms with van der Waals surface area (Å²) in [6.45, 7) is 8.37. The van der Waals surface area contributed by atoms with Crippen molar-refractivity contribution in [2.24, 2.45) is 5.92 Å². The Kier molecular flexibility index (Phi) is 5.99. The van der Waals surface area contributed by atoms with E-state index in [1.807, 2.05) is 26.2 Å². The van der Waals surface area contributed by atoms with Gasteiger partial charge in [-0.15, -0.1) is 0 Å². The lowest BCUT2D eigenvalue weighted by Gasteiger charge is -2.23. The molecule has 0 saturated heterocycles. The van der Waals surface area contributed by atoms with Crippen molar-refractivity contribution >= 4 is 5.69 Å². The van der Waals surface area contributed by atoms with E-state index in [0.29, 0.717) is 5.92 Å². The molecular formula is C15H26N2O. The Balaban J connectivity index is 2.70. The van der Waals surface area contributed by atoms with E-state index in [9.17, 15) is 0 Å². The van der Waals surface area contributed by atoms with Gasteiger partial charge in [0.1, 0.15) is 11.9 Å². The molecule has 102 valence electrons. The molecule has 0 aliphatic heterocycles. The number of likely N-dealkylation sites (N-methyl/N-ethyl adjacent to an activating group) is 1. The average molecular weight is 250 g/mol. The summed E-state index contributed by atoms with van der Waals surface area (Å²) in [5.41, 5.74) is 1.17. The highest BCUT2D eigenvalue weighted by atomic mass is 16.5. The zero-order chi connectivity index (χ0) is 13.5. The van der Waals surface area contributed by atoms with E-state index in [1.165, 1.54) is 5.69 Å². The number of benzene rings is 1. The first-order valence-corrected chi connectivity index (χ1v) is 6.69. The molecule has 0 fully saturated rings. The molecule has 1 aromatic rings. The fourth-order valence-electron chi connectivity index (χ4n) is 1.71. The van der Waals surface area contributed by atoms with Crippen LogP contribution in [-0.2, 0) is 0 Å². The quantitative estimate of drug-likeness (QED) is 0.805. The Bertz CT molecular complexity index is 350. The van der Waals surface area contributed by atoms with E-state index >= 15 is 0 Å². The summed E-state index contributed by atoms with van der Waals surface area (Å²) in [5, 5.41) is 3.35. The van der Waals surface area contributed by atoms with E-state index in [-0.39, 0.29) is 6.10 Å². The summed E-state index contributed by atoms with van der Waals surface area (Å²) < 4.78 is 6.08. The molecule has 0 aliphatic carbocycles. The van der Waals surface area contributed by atoms with Crippen LogP contribution in [0.15, 0.2) is 24.3 Å². The number of ether oxygens (including phenoxy) is 1. The van der Waals surface area contributed by atoms with Gasteiger partial charge in [-0.2, -0.15) is 0 Å². The normalized spacial score (nSPS) is 12.6. The predicted octanol–water partition coefficient (Wildman–Crippen LogP) is 2.77. The van der Waals surface area contributed by atoms with Gasteiger partial charge in [0.15, 0.2) is 0 Å². The van der Waals surface area contributed by atoms with Crippen molar-refractivity contribution < 1.29 is 4.74 Å². The monoisotopic (exact) mass is 250 g/mol. The molecule has 18 heavy (non-hydrogen) atoms.